The van der Waals surface area contributed by atoms with Crippen LogP contribution in [0.3, 0.4) is 0 Å². The molecule has 11 heteroatoms. The Hall–Kier alpha value is -3.18. The summed E-state index contributed by atoms with van der Waals surface area (Å²) in [5.41, 5.74) is 0.757. The average molecular weight is 540 g/mol. The number of piperazine rings is 1. The molecule has 39 heavy (non-hydrogen) atoms. The molecule has 5 heterocycles. The predicted molar refractivity (Wildman–Crippen MR) is 149 cm³/mol. The maximum atomic E-state index is 15.7. The average Bonchev–Trinajstić information content (AvgIpc) is 3.13. The number of halogens is 1. The lowest BCUT2D eigenvalue weighted by molar-refractivity contribution is -0.123. The molecule has 2 fully saturated rings. The minimum absolute atomic E-state index is 0.0859. The van der Waals surface area contributed by atoms with Gasteiger partial charge in [-0.25, -0.2) is 4.39 Å². The molecular weight excluding hydrogens is 501 g/mol. The first kappa shape index (κ1) is 26.1. The largest absolute Gasteiger partial charge is 0.492 e. The summed E-state index contributed by atoms with van der Waals surface area (Å²) in [7, 11) is 5.80. The number of carbonyl (C=O) groups is 1. The van der Waals surface area contributed by atoms with Crippen molar-refractivity contribution in [2.24, 2.45) is 0 Å². The van der Waals surface area contributed by atoms with Gasteiger partial charge in [-0.15, -0.1) is 0 Å². The van der Waals surface area contributed by atoms with Gasteiger partial charge in [0.25, 0.3) is 5.56 Å². The van der Waals surface area contributed by atoms with E-state index in [2.05, 4.69) is 21.8 Å². The second-order valence-electron chi connectivity index (χ2n) is 11.4. The Morgan fingerprint density at radius 3 is 2.51 bits per heavy atom. The van der Waals surface area contributed by atoms with Gasteiger partial charge in [-0.3, -0.25) is 19.5 Å². The van der Waals surface area contributed by atoms with Gasteiger partial charge in [-0.2, -0.15) is 4.98 Å². The minimum Gasteiger partial charge on any atom is -0.492 e. The molecule has 10 nitrogen and oxygen atoms in total. The number of fused-ring (bicyclic) bond motifs is 3. The van der Waals surface area contributed by atoms with Crippen LogP contribution in [0.25, 0.3) is 0 Å². The Bertz CT molecular complexity index is 1310. The first-order chi connectivity index (χ1) is 18.8. The van der Waals surface area contributed by atoms with Crippen molar-refractivity contribution >= 4 is 23.4 Å². The van der Waals surface area contributed by atoms with Crippen LogP contribution in [0.15, 0.2) is 16.9 Å². The zero-order valence-electron chi connectivity index (χ0n) is 23.1. The number of hydrogen-bond acceptors (Lipinski definition) is 8. The van der Waals surface area contributed by atoms with Crippen LogP contribution in [-0.2, 0) is 16.6 Å². The molecule has 1 amide bonds. The fraction of sp³-hybridized carbons (Fsp3) is 0.607. The topological polar surface area (TPSA) is 88.2 Å². The van der Waals surface area contributed by atoms with Gasteiger partial charge < -0.3 is 24.3 Å². The Labute approximate surface area is 228 Å². The number of amides is 1. The summed E-state index contributed by atoms with van der Waals surface area (Å²) < 4.78 is 21.7. The molecule has 2 saturated heterocycles. The van der Waals surface area contributed by atoms with Crippen molar-refractivity contribution < 1.29 is 13.9 Å². The number of H-pyrrole nitrogens is 1. The van der Waals surface area contributed by atoms with Crippen molar-refractivity contribution in [3.05, 3.63) is 39.4 Å². The lowest BCUT2D eigenvalue weighted by Crippen LogP contribution is -2.49. The molecule has 210 valence electrons. The number of aromatic nitrogens is 2. The number of piperidine rings is 1. The molecule has 4 aliphatic rings. The van der Waals surface area contributed by atoms with Gasteiger partial charge in [0.1, 0.15) is 24.0 Å². The standard InChI is InChI=1S/C28H38FN7O3/c1-32-11-13-35(14-12-32)15-16-39-19-17-21(29)23-22(18-19)34(3)26(38)28(23)6-9-36(10-7-28)27-30-24-20(25(37)31-27)5-4-8-33(24)2/h17-18H,4-16H2,1-3H3,(H,30,31,37). The van der Waals surface area contributed by atoms with Crippen LogP contribution >= 0.6 is 0 Å². The molecule has 0 saturated carbocycles. The number of nitrogens with zero attached hydrogens (tertiary/aromatic N) is 6. The monoisotopic (exact) mass is 539 g/mol. The molecule has 2 aromatic rings. The smallest absolute Gasteiger partial charge is 0.257 e. The number of rotatable bonds is 5. The predicted octanol–water partition coefficient (Wildman–Crippen LogP) is 1.43. The lowest BCUT2D eigenvalue weighted by Gasteiger charge is -2.39. The van der Waals surface area contributed by atoms with E-state index in [0.29, 0.717) is 55.5 Å². The van der Waals surface area contributed by atoms with E-state index in [9.17, 15) is 9.59 Å². The highest BCUT2D eigenvalue weighted by Crippen LogP contribution is 2.50. The first-order valence-electron chi connectivity index (χ1n) is 14.0. The molecular formula is C28H38FN7O3. The van der Waals surface area contributed by atoms with E-state index in [0.717, 1.165) is 63.5 Å². The molecule has 0 atom stereocenters. The number of nitrogens with one attached hydrogen (secondary N) is 1. The second-order valence-corrected chi connectivity index (χ2v) is 11.4. The maximum Gasteiger partial charge on any atom is 0.257 e. The first-order valence-corrected chi connectivity index (χ1v) is 14.0. The van der Waals surface area contributed by atoms with Gasteiger partial charge in [-0.05, 0) is 32.7 Å². The molecule has 1 aromatic heterocycles. The minimum atomic E-state index is -0.922. The molecule has 0 unspecified atom stereocenters. The van der Waals surface area contributed by atoms with Crippen LogP contribution in [0.5, 0.6) is 5.75 Å². The highest BCUT2D eigenvalue weighted by molar-refractivity contribution is 6.08. The third-order valence-electron chi connectivity index (χ3n) is 9.05. The number of anilines is 3. The van der Waals surface area contributed by atoms with Crippen molar-refractivity contribution in [1.82, 2.24) is 19.8 Å². The fourth-order valence-corrected chi connectivity index (χ4v) is 6.62. The molecule has 6 rings (SSSR count). The summed E-state index contributed by atoms with van der Waals surface area (Å²) >= 11 is 0. The Morgan fingerprint density at radius 1 is 1.03 bits per heavy atom. The molecule has 0 aliphatic carbocycles. The maximum absolute atomic E-state index is 15.7. The van der Waals surface area contributed by atoms with Gasteiger partial charge in [0.05, 0.1) is 16.7 Å². The molecule has 1 spiro atoms. The Balaban J connectivity index is 1.18. The van der Waals surface area contributed by atoms with Crippen LogP contribution in [-0.4, -0.2) is 106 Å². The number of hydrogen-bond donors (Lipinski definition) is 1. The molecule has 4 aliphatic heterocycles. The summed E-state index contributed by atoms with van der Waals surface area (Å²) in [4.78, 5) is 44.3. The quantitative estimate of drug-likeness (QED) is 0.611. The van der Waals surface area contributed by atoms with E-state index in [1.54, 1.807) is 18.0 Å². The lowest BCUT2D eigenvalue weighted by atomic mass is 9.73. The van der Waals surface area contributed by atoms with Crippen molar-refractivity contribution in [3.63, 3.8) is 0 Å². The third kappa shape index (κ3) is 4.55. The summed E-state index contributed by atoms with van der Waals surface area (Å²) in [6, 6.07) is 3.24. The van der Waals surface area contributed by atoms with E-state index >= 15 is 4.39 Å². The number of benzene rings is 1. The van der Waals surface area contributed by atoms with Gasteiger partial charge in [0.2, 0.25) is 11.9 Å². The second kappa shape index (κ2) is 10.1. The number of carbonyl (C=O) groups excluding carboxylic acids is 1. The van der Waals surface area contributed by atoms with Crippen molar-refractivity contribution in [2.45, 2.75) is 31.1 Å². The van der Waals surface area contributed by atoms with E-state index in [4.69, 9.17) is 9.72 Å². The van der Waals surface area contributed by atoms with Crippen LogP contribution < -0.4 is 25.0 Å². The Morgan fingerprint density at radius 2 is 1.77 bits per heavy atom. The molecule has 0 radical (unpaired) electrons. The third-order valence-corrected chi connectivity index (χ3v) is 9.05. The number of aromatic amines is 1. The van der Waals surface area contributed by atoms with Crippen molar-refractivity contribution in [2.75, 3.05) is 94.8 Å². The summed E-state index contributed by atoms with van der Waals surface area (Å²) in [6.45, 7) is 7.19. The van der Waals surface area contributed by atoms with Gasteiger partial charge in [0.15, 0.2) is 0 Å². The molecule has 1 aromatic carbocycles. The van der Waals surface area contributed by atoms with Gasteiger partial charge in [0, 0.05) is 84.1 Å². The van der Waals surface area contributed by atoms with E-state index < -0.39 is 11.2 Å². The fourth-order valence-electron chi connectivity index (χ4n) is 6.62. The number of ether oxygens (including phenoxy) is 1. The highest BCUT2D eigenvalue weighted by Gasteiger charge is 2.53. The van der Waals surface area contributed by atoms with E-state index in [-0.39, 0.29) is 11.5 Å². The van der Waals surface area contributed by atoms with Crippen LogP contribution in [0, 0.1) is 5.82 Å². The van der Waals surface area contributed by atoms with Crippen LogP contribution in [0.1, 0.15) is 30.4 Å². The highest BCUT2D eigenvalue weighted by atomic mass is 19.1. The van der Waals surface area contributed by atoms with Gasteiger partial charge in [-0.1, -0.05) is 0 Å². The zero-order chi connectivity index (χ0) is 27.3. The zero-order valence-corrected chi connectivity index (χ0v) is 23.1. The van der Waals surface area contributed by atoms with E-state index in [1.807, 2.05) is 16.8 Å². The van der Waals surface area contributed by atoms with Crippen LogP contribution in [0.2, 0.25) is 0 Å². The summed E-state index contributed by atoms with van der Waals surface area (Å²) in [6.07, 6.45) is 2.55. The van der Waals surface area contributed by atoms with Crippen molar-refractivity contribution in [1.29, 1.82) is 0 Å². The van der Waals surface area contributed by atoms with E-state index in [1.165, 1.54) is 6.07 Å². The summed E-state index contributed by atoms with van der Waals surface area (Å²) in [5.74, 6) is 1.22. The number of likely N-dealkylation sites (N-methyl/N-ethyl adjacent to an activating group) is 2. The SMILES string of the molecule is CN1CCN(CCOc2cc(F)c3c(c2)N(C)C(=O)C32CCN(c3nc4c(c(=O)[nH]3)CCCN4C)CC2)CC1. The Kier molecular flexibility index (Phi) is 6.74. The molecule has 1 N–H and O–H groups in total. The summed E-state index contributed by atoms with van der Waals surface area (Å²) in [5, 5.41) is 0. The van der Waals surface area contributed by atoms with Crippen molar-refractivity contribution in [3.8, 4) is 5.75 Å². The molecule has 0 bridgehead atoms. The normalized spacial score (nSPS) is 21.4. The van der Waals surface area contributed by atoms with Gasteiger partial charge >= 0.3 is 0 Å². The van der Waals surface area contributed by atoms with Crippen LogP contribution in [0.4, 0.5) is 21.8 Å².